The van der Waals surface area contributed by atoms with E-state index in [1.807, 2.05) is 6.07 Å². The smallest absolute Gasteiger partial charge is 0.331 e. The van der Waals surface area contributed by atoms with Gasteiger partial charge in [0, 0.05) is 5.69 Å². The van der Waals surface area contributed by atoms with Gasteiger partial charge in [-0.1, -0.05) is 11.3 Å². The molecule has 4 N–H and O–H groups in total. The first-order valence-corrected chi connectivity index (χ1v) is 6.36. The van der Waals surface area contributed by atoms with Crippen LogP contribution in [0.25, 0.3) is 5.69 Å². The van der Waals surface area contributed by atoms with Crippen molar-refractivity contribution in [2.45, 2.75) is 6.54 Å². The summed E-state index contributed by atoms with van der Waals surface area (Å²) in [7, 11) is 0. The highest BCUT2D eigenvalue weighted by molar-refractivity contribution is 5.89. The predicted molar refractivity (Wildman–Crippen MR) is 76.4 cm³/mol. The van der Waals surface area contributed by atoms with Crippen LogP contribution in [0, 0.1) is 0 Å². The Bertz CT molecular complexity index is 820. The van der Waals surface area contributed by atoms with Crippen molar-refractivity contribution in [3.8, 4) is 5.69 Å². The minimum atomic E-state index is -0.419. The Labute approximate surface area is 123 Å². The summed E-state index contributed by atoms with van der Waals surface area (Å²) in [5.74, 6) is 0.344. The maximum atomic E-state index is 11.8. The molecule has 2 heterocycles. The van der Waals surface area contributed by atoms with Gasteiger partial charge in [0.1, 0.15) is 5.82 Å². The molecule has 2 aromatic heterocycles. The topological polar surface area (TPSA) is 133 Å². The number of aromatic amines is 2. The van der Waals surface area contributed by atoms with Gasteiger partial charge in [0.05, 0.1) is 24.6 Å². The number of carbonyl (C=O) groups excluding carboxylic acids is 1. The molecular weight excluding hydrogens is 288 g/mol. The Morgan fingerprint density at radius 1 is 1.36 bits per heavy atom. The number of benzene rings is 1. The van der Waals surface area contributed by atoms with E-state index in [-0.39, 0.29) is 6.54 Å². The van der Waals surface area contributed by atoms with Crippen LogP contribution in [0.2, 0.25) is 0 Å². The Balaban J connectivity index is 1.61. The number of nitrogens with zero attached hydrogens (tertiary/aromatic N) is 4. The first-order chi connectivity index (χ1) is 10.7. The number of hydrogen-bond donors (Lipinski definition) is 4. The van der Waals surface area contributed by atoms with Gasteiger partial charge in [0.2, 0.25) is 0 Å². The quantitative estimate of drug-likeness (QED) is 0.538. The summed E-state index contributed by atoms with van der Waals surface area (Å²) in [6, 6.07) is 6.71. The molecule has 0 aliphatic heterocycles. The number of anilines is 1. The van der Waals surface area contributed by atoms with Gasteiger partial charge in [-0.2, -0.15) is 5.10 Å². The number of urea groups is 1. The molecule has 0 aliphatic carbocycles. The van der Waals surface area contributed by atoms with Crippen LogP contribution in [-0.4, -0.2) is 36.2 Å². The Morgan fingerprint density at radius 2 is 2.27 bits per heavy atom. The van der Waals surface area contributed by atoms with E-state index < -0.39 is 11.7 Å². The number of amides is 2. The third-order valence-corrected chi connectivity index (χ3v) is 2.76. The second-order valence-electron chi connectivity index (χ2n) is 4.33. The SMILES string of the molecule is O=C(NCc1n[nH]c(=O)[nH]1)Nc1cccc(-n2ccnn2)c1. The van der Waals surface area contributed by atoms with Crippen molar-refractivity contribution in [2.24, 2.45) is 0 Å². The molecule has 1 aromatic carbocycles. The fraction of sp³-hybridized carbons (Fsp3) is 0.0833. The third kappa shape index (κ3) is 3.17. The molecule has 0 spiro atoms. The fourth-order valence-corrected chi connectivity index (χ4v) is 1.80. The van der Waals surface area contributed by atoms with Crippen molar-refractivity contribution >= 4 is 11.7 Å². The van der Waals surface area contributed by atoms with Crippen LogP contribution in [0.4, 0.5) is 10.5 Å². The third-order valence-electron chi connectivity index (χ3n) is 2.76. The summed E-state index contributed by atoms with van der Waals surface area (Å²) >= 11 is 0. The van der Waals surface area contributed by atoms with Crippen LogP contribution < -0.4 is 16.3 Å². The minimum absolute atomic E-state index is 0.105. The van der Waals surface area contributed by atoms with E-state index in [4.69, 9.17) is 0 Å². The fourth-order valence-electron chi connectivity index (χ4n) is 1.80. The number of nitrogens with one attached hydrogen (secondary N) is 4. The summed E-state index contributed by atoms with van der Waals surface area (Å²) in [4.78, 5) is 25.1. The summed E-state index contributed by atoms with van der Waals surface area (Å²) in [5, 5.41) is 18.8. The number of H-pyrrole nitrogens is 2. The zero-order chi connectivity index (χ0) is 15.4. The van der Waals surface area contributed by atoms with Gasteiger partial charge in [0.25, 0.3) is 0 Å². The first-order valence-electron chi connectivity index (χ1n) is 6.36. The molecule has 0 aliphatic rings. The lowest BCUT2D eigenvalue weighted by Gasteiger charge is -2.08. The molecule has 3 aromatic rings. The molecule has 3 rings (SSSR count). The van der Waals surface area contributed by atoms with Crippen LogP contribution in [0.5, 0.6) is 0 Å². The van der Waals surface area contributed by atoms with E-state index in [2.05, 4.69) is 36.1 Å². The maximum absolute atomic E-state index is 11.8. The number of aromatic nitrogens is 6. The lowest BCUT2D eigenvalue weighted by Crippen LogP contribution is -2.28. The van der Waals surface area contributed by atoms with Crippen molar-refractivity contribution in [1.29, 1.82) is 0 Å². The first kappa shape index (κ1) is 13.5. The van der Waals surface area contributed by atoms with Crippen molar-refractivity contribution in [3.63, 3.8) is 0 Å². The summed E-state index contributed by atoms with van der Waals surface area (Å²) in [6.45, 7) is 0.105. The van der Waals surface area contributed by atoms with Gasteiger partial charge in [-0.15, -0.1) is 5.10 Å². The van der Waals surface area contributed by atoms with E-state index in [0.717, 1.165) is 5.69 Å². The van der Waals surface area contributed by atoms with Crippen molar-refractivity contribution < 1.29 is 4.79 Å². The maximum Gasteiger partial charge on any atom is 0.340 e. The lowest BCUT2D eigenvalue weighted by molar-refractivity contribution is 0.251. The molecule has 0 bridgehead atoms. The number of rotatable bonds is 4. The van der Waals surface area contributed by atoms with Gasteiger partial charge in [-0.3, -0.25) is 4.98 Å². The molecule has 10 nitrogen and oxygen atoms in total. The highest BCUT2D eigenvalue weighted by Gasteiger charge is 2.05. The van der Waals surface area contributed by atoms with E-state index in [9.17, 15) is 9.59 Å². The summed E-state index contributed by atoms with van der Waals surface area (Å²) in [6.07, 6.45) is 3.27. The average Bonchev–Trinajstić information content (AvgIpc) is 3.17. The van der Waals surface area contributed by atoms with E-state index in [1.165, 1.54) is 0 Å². The van der Waals surface area contributed by atoms with Gasteiger partial charge >= 0.3 is 11.7 Å². The molecule has 22 heavy (non-hydrogen) atoms. The van der Waals surface area contributed by atoms with E-state index >= 15 is 0 Å². The Kier molecular flexibility index (Phi) is 3.64. The van der Waals surface area contributed by atoms with Crippen molar-refractivity contribution in [1.82, 2.24) is 35.5 Å². The second kappa shape index (κ2) is 5.91. The van der Waals surface area contributed by atoms with E-state index in [0.29, 0.717) is 11.5 Å². The normalized spacial score (nSPS) is 10.4. The molecule has 0 atom stereocenters. The summed E-state index contributed by atoms with van der Waals surface area (Å²) in [5.41, 5.74) is 0.950. The van der Waals surface area contributed by atoms with Crippen molar-refractivity contribution in [2.75, 3.05) is 5.32 Å². The van der Waals surface area contributed by atoms with Crippen LogP contribution in [-0.2, 0) is 6.54 Å². The molecule has 0 radical (unpaired) electrons. The van der Waals surface area contributed by atoms with Crippen LogP contribution in [0.1, 0.15) is 5.82 Å². The molecule has 0 unspecified atom stereocenters. The largest absolute Gasteiger partial charge is 0.340 e. The second-order valence-corrected chi connectivity index (χ2v) is 4.33. The summed E-state index contributed by atoms with van der Waals surface area (Å²) < 4.78 is 1.58. The molecular formula is C12H12N8O2. The van der Waals surface area contributed by atoms with Crippen molar-refractivity contribution in [3.05, 3.63) is 53.0 Å². The molecule has 2 amide bonds. The van der Waals surface area contributed by atoms with E-state index in [1.54, 1.807) is 35.3 Å². The highest BCUT2D eigenvalue weighted by Crippen LogP contribution is 2.13. The zero-order valence-corrected chi connectivity index (χ0v) is 11.3. The lowest BCUT2D eigenvalue weighted by atomic mass is 10.3. The van der Waals surface area contributed by atoms with Crippen LogP contribution >= 0.6 is 0 Å². The Hall–Kier alpha value is -3.43. The molecule has 0 fully saturated rings. The van der Waals surface area contributed by atoms with Gasteiger partial charge < -0.3 is 10.6 Å². The van der Waals surface area contributed by atoms with Crippen LogP contribution in [0.3, 0.4) is 0 Å². The monoisotopic (exact) mass is 300 g/mol. The predicted octanol–water partition coefficient (Wildman–Crippen LogP) is 0.000400. The molecule has 0 saturated heterocycles. The zero-order valence-electron chi connectivity index (χ0n) is 11.3. The number of carbonyl (C=O) groups is 1. The van der Waals surface area contributed by atoms with Gasteiger partial charge in [-0.25, -0.2) is 19.4 Å². The van der Waals surface area contributed by atoms with Crippen LogP contribution in [0.15, 0.2) is 41.5 Å². The standard InChI is InChI=1S/C12H12N8O2/c21-11(13-7-10-16-12(22)18-17-10)15-8-2-1-3-9(6-8)20-5-4-14-19-20/h1-6H,7H2,(H2,13,15,21)(H2,16,17,18,22). The highest BCUT2D eigenvalue weighted by atomic mass is 16.2. The minimum Gasteiger partial charge on any atom is -0.331 e. The van der Waals surface area contributed by atoms with Gasteiger partial charge in [0.15, 0.2) is 0 Å². The van der Waals surface area contributed by atoms with Gasteiger partial charge in [-0.05, 0) is 18.2 Å². The average molecular weight is 300 g/mol. The molecule has 0 saturated carbocycles. The Morgan fingerprint density at radius 3 is 3.00 bits per heavy atom. The molecule has 10 heteroatoms. The number of hydrogen-bond acceptors (Lipinski definition) is 5. The molecule has 112 valence electrons.